The van der Waals surface area contributed by atoms with Crippen LogP contribution in [0.5, 0.6) is 0 Å². The fourth-order valence-electron chi connectivity index (χ4n) is 1.34. The van der Waals surface area contributed by atoms with Crippen LogP contribution in [0.4, 0.5) is 0 Å². The quantitative estimate of drug-likeness (QED) is 0.271. The highest BCUT2D eigenvalue weighted by Gasteiger charge is 2.60. The maximum Gasteiger partial charge on any atom is 0.327 e. The lowest BCUT2D eigenvalue weighted by Crippen LogP contribution is -2.67. The first kappa shape index (κ1) is 13.7. The molecule has 1 rings (SSSR count). The summed E-state index contributed by atoms with van der Waals surface area (Å²) in [6, 6.07) is 0. The number of hydrogen-bond donors (Lipinski definition) is 6. The van der Waals surface area contributed by atoms with Gasteiger partial charge in [-0.3, -0.25) is 4.55 Å². The lowest BCUT2D eigenvalue weighted by atomic mass is 9.99. The average Bonchev–Trinajstić information content (AvgIpc) is 2.19. The summed E-state index contributed by atoms with van der Waals surface area (Å²) in [5, 5.41) is 42.2. The molecule has 6 N–H and O–H groups in total. The van der Waals surface area contributed by atoms with E-state index in [9.17, 15) is 28.8 Å². The van der Waals surface area contributed by atoms with E-state index in [0.717, 1.165) is 0 Å². The molecular weight excluding hydrogens is 248 g/mol. The van der Waals surface area contributed by atoms with E-state index in [2.05, 4.69) is 4.74 Å². The first-order valence-corrected chi connectivity index (χ1v) is 5.61. The standard InChI is InChI=1S/C6H12O9S/c7-1-2-3(8)4(9)5(10)6(11,15-2)16(12,13)14/h2-5,7-11H,1H2,(H,12,13,14)/t2-,3-,4+,5-,6+/m1/s1. The second-order valence-electron chi connectivity index (χ2n) is 3.37. The molecule has 1 aliphatic heterocycles. The van der Waals surface area contributed by atoms with Crippen LogP contribution in [0.25, 0.3) is 0 Å². The molecule has 0 unspecified atom stereocenters. The van der Waals surface area contributed by atoms with Gasteiger partial charge < -0.3 is 30.3 Å². The van der Waals surface area contributed by atoms with Crippen LogP contribution in [0.1, 0.15) is 0 Å². The molecule has 0 saturated carbocycles. The SMILES string of the molecule is O=S(=O)(O)[C@@]1(O)O[C@H](CO)[C@@H](O)[C@H](O)[C@H]1O. The Bertz CT molecular complexity index is 351. The highest BCUT2D eigenvalue weighted by atomic mass is 32.2. The van der Waals surface area contributed by atoms with Crippen molar-refractivity contribution in [2.24, 2.45) is 0 Å². The van der Waals surface area contributed by atoms with E-state index in [1.165, 1.54) is 0 Å². The van der Waals surface area contributed by atoms with Crippen molar-refractivity contribution in [3.05, 3.63) is 0 Å². The number of aliphatic hydroxyl groups excluding tert-OH is 4. The van der Waals surface area contributed by atoms with Crippen LogP contribution in [-0.4, -0.2) is 74.6 Å². The van der Waals surface area contributed by atoms with Crippen LogP contribution in [0.15, 0.2) is 0 Å². The van der Waals surface area contributed by atoms with Crippen molar-refractivity contribution in [2.75, 3.05) is 6.61 Å². The summed E-state index contributed by atoms with van der Waals surface area (Å²) in [7, 11) is -5.27. The zero-order chi connectivity index (χ0) is 12.7. The van der Waals surface area contributed by atoms with Gasteiger partial charge in [-0.15, -0.1) is 0 Å². The Morgan fingerprint density at radius 1 is 1.19 bits per heavy atom. The summed E-state index contributed by atoms with van der Waals surface area (Å²) in [5.41, 5.74) is 0. The second-order valence-corrected chi connectivity index (χ2v) is 4.91. The second kappa shape index (κ2) is 4.16. The van der Waals surface area contributed by atoms with Gasteiger partial charge in [-0.25, -0.2) is 0 Å². The van der Waals surface area contributed by atoms with Gasteiger partial charge in [0.25, 0.3) is 0 Å². The van der Waals surface area contributed by atoms with E-state index < -0.39 is 46.3 Å². The third-order valence-electron chi connectivity index (χ3n) is 2.30. The van der Waals surface area contributed by atoms with Crippen molar-refractivity contribution in [1.82, 2.24) is 0 Å². The minimum atomic E-state index is -5.27. The molecule has 0 radical (unpaired) electrons. The molecule has 0 amide bonds. The molecule has 1 heterocycles. The smallest absolute Gasteiger partial charge is 0.327 e. The fourth-order valence-corrected chi connectivity index (χ4v) is 2.03. The van der Waals surface area contributed by atoms with Crippen LogP contribution in [0, 0.1) is 0 Å². The highest BCUT2D eigenvalue weighted by Crippen LogP contribution is 2.31. The van der Waals surface area contributed by atoms with E-state index in [0.29, 0.717) is 0 Å². The van der Waals surface area contributed by atoms with E-state index in [1.54, 1.807) is 0 Å². The molecule has 0 aromatic carbocycles. The molecule has 96 valence electrons. The number of aliphatic hydroxyl groups is 5. The summed E-state index contributed by atoms with van der Waals surface area (Å²) in [5.74, 6) is 0. The van der Waals surface area contributed by atoms with E-state index in [-0.39, 0.29) is 0 Å². The van der Waals surface area contributed by atoms with Gasteiger partial charge in [0.05, 0.1) is 6.61 Å². The normalized spacial score (nSPS) is 45.6. The Morgan fingerprint density at radius 2 is 1.69 bits per heavy atom. The average molecular weight is 260 g/mol. The van der Waals surface area contributed by atoms with Crippen LogP contribution in [0.3, 0.4) is 0 Å². The molecule has 1 saturated heterocycles. The molecule has 0 aromatic rings. The summed E-state index contributed by atoms with van der Waals surface area (Å²) >= 11 is 0. The Kier molecular flexibility index (Phi) is 3.57. The Balaban J connectivity index is 3.14. The summed E-state index contributed by atoms with van der Waals surface area (Å²) < 4.78 is 34.5. The highest BCUT2D eigenvalue weighted by molar-refractivity contribution is 7.86. The molecule has 16 heavy (non-hydrogen) atoms. The lowest BCUT2D eigenvalue weighted by Gasteiger charge is -2.42. The zero-order valence-electron chi connectivity index (χ0n) is 7.83. The van der Waals surface area contributed by atoms with Crippen molar-refractivity contribution in [2.45, 2.75) is 29.5 Å². The number of hydrogen-bond acceptors (Lipinski definition) is 8. The predicted octanol–water partition coefficient (Wildman–Crippen LogP) is -4.01. The minimum absolute atomic E-state index is 0.928. The number of rotatable bonds is 2. The topological polar surface area (TPSA) is 165 Å². The predicted molar refractivity (Wildman–Crippen MR) is 46.5 cm³/mol. The van der Waals surface area contributed by atoms with E-state index >= 15 is 0 Å². The van der Waals surface area contributed by atoms with Gasteiger partial charge in [-0.2, -0.15) is 8.42 Å². The molecule has 0 aliphatic carbocycles. The van der Waals surface area contributed by atoms with Crippen molar-refractivity contribution < 1.29 is 43.2 Å². The molecular formula is C6H12O9S. The van der Waals surface area contributed by atoms with Crippen molar-refractivity contribution in [3.8, 4) is 0 Å². The monoisotopic (exact) mass is 260 g/mol. The summed E-state index contributed by atoms with van der Waals surface area (Å²) in [4.78, 5) is 0. The molecule has 0 spiro atoms. The van der Waals surface area contributed by atoms with Crippen LogP contribution in [-0.2, 0) is 14.9 Å². The molecule has 9 nitrogen and oxygen atoms in total. The van der Waals surface area contributed by atoms with Gasteiger partial charge in [0.15, 0.2) is 6.10 Å². The molecule has 5 atom stereocenters. The maximum absolute atomic E-state index is 10.8. The molecule has 0 aromatic heterocycles. The number of ether oxygens (including phenoxy) is 1. The third kappa shape index (κ3) is 1.94. The van der Waals surface area contributed by atoms with E-state index in [4.69, 9.17) is 9.66 Å². The van der Waals surface area contributed by atoms with Gasteiger partial charge in [-0.05, 0) is 0 Å². The molecule has 1 fully saturated rings. The first-order valence-electron chi connectivity index (χ1n) is 4.17. The Labute approximate surface area is 90.3 Å². The van der Waals surface area contributed by atoms with Gasteiger partial charge in [0.1, 0.15) is 18.3 Å². The van der Waals surface area contributed by atoms with Crippen molar-refractivity contribution in [1.29, 1.82) is 0 Å². The van der Waals surface area contributed by atoms with Crippen LogP contribution in [0.2, 0.25) is 0 Å². The van der Waals surface area contributed by atoms with Crippen molar-refractivity contribution >= 4 is 10.1 Å². The summed E-state index contributed by atoms with van der Waals surface area (Å²) in [6.45, 7) is -0.928. The van der Waals surface area contributed by atoms with Crippen molar-refractivity contribution in [3.63, 3.8) is 0 Å². The molecule has 1 aliphatic rings. The fraction of sp³-hybridized carbons (Fsp3) is 1.00. The third-order valence-corrected chi connectivity index (χ3v) is 3.37. The van der Waals surface area contributed by atoms with Crippen LogP contribution < -0.4 is 0 Å². The first-order chi connectivity index (χ1) is 7.15. The minimum Gasteiger partial charge on any atom is -0.394 e. The van der Waals surface area contributed by atoms with Gasteiger partial charge in [0, 0.05) is 0 Å². The maximum atomic E-state index is 10.8. The summed E-state index contributed by atoms with van der Waals surface area (Å²) in [6.07, 6.45) is -8.04. The van der Waals surface area contributed by atoms with Crippen LogP contribution >= 0.6 is 0 Å². The zero-order valence-corrected chi connectivity index (χ0v) is 8.65. The molecule has 10 heteroatoms. The van der Waals surface area contributed by atoms with Gasteiger partial charge >= 0.3 is 15.2 Å². The Hall–Kier alpha value is -0.330. The van der Waals surface area contributed by atoms with Gasteiger partial charge in [0.2, 0.25) is 0 Å². The molecule has 0 bridgehead atoms. The van der Waals surface area contributed by atoms with E-state index in [1.807, 2.05) is 0 Å². The lowest BCUT2D eigenvalue weighted by molar-refractivity contribution is -0.311. The Morgan fingerprint density at radius 3 is 2.06 bits per heavy atom. The van der Waals surface area contributed by atoms with Gasteiger partial charge in [-0.1, -0.05) is 0 Å². The largest absolute Gasteiger partial charge is 0.394 e.